The summed E-state index contributed by atoms with van der Waals surface area (Å²) in [7, 11) is 0. The summed E-state index contributed by atoms with van der Waals surface area (Å²) in [5.41, 5.74) is 4.96. The first-order valence-electron chi connectivity index (χ1n) is 9.97. The van der Waals surface area contributed by atoms with E-state index in [0.29, 0.717) is 27.3 Å². The Morgan fingerprint density at radius 3 is 2.29 bits per heavy atom. The number of benzene rings is 3. The zero-order valence-electron chi connectivity index (χ0n) is 17.7. The average molecular weight is 560 g/mol. The molecule has 0 aliphatic heterocycles. The number of rotatable bonds is 4. The molecule has 1 aromatic heterocycles. The Morgan fingerprint density at radius 1 is 0.853 bits per heavy atom. The molecule has 0 atom stereocenters. The second-order valence-corrected chi connectivity index (χ2v) is 9.17. The first kappa shape index (κ1) is 23.8. The molecule has 0 radical (unpaired) electrons. The highest BCUT2D eigenvalue weighted by Gasteiger charge is 2.21. The molecule has 0 spiro atoms. The first-order valence-corrected chi connectivity index (χ1v) is 11.5. The third-order valence-electron chi connectivity index (χ3n) is 4.90. The summed E-state index contributed by atoms with van der Waals surface area (Å²) in [6.45, 7) is 1.91. The summed E-state index contributed by atoms with van der Waals surface area (Å²) in [4.78, 5) is 38.3. The second kappa shape index (κ2) is 9.89. The number of nitrogens with zero attached hydrogens (tertiary/aromatic N) is 1. The van der Waals surface area contributed by atoms with Crippen molar-refractivity contribution in [3.8, 4) is 0 Å². The van der Waals surface area contributed by atoms with Gasteiger partial charge in [-0.05, 0) is 61.5 Å². The predicted molar refractivity (Wildman–Crippen MR) is 138 cm³/mol. The van der Waals surface area contributed by atoms with Gasteiger partial charge in [-0.2, -0.15) is 0 Å². The van der Waals surface area contributed by atoms with Crippen LogP contribution in [0.1, 0.15) is 16.1 Å². The minimum absolute atomic E-state index is 0.0932. The molecule has 7 nitrogen and oxygen atoms in total. The molecule has 0 bridgehead atoms. The Hall–Kier alpha value is -3.33. The largest absolute Gasteiger partial charge is 0.328 e. The number of nitrogens with one attached hydrogen (secondary N) is 3. The van der Waals surface area contributed by atoms with Gasteiger partial charge in [0.1, 0.15) is 5.69 Å². The van der Waals surface area contributed by atoms with E-state index in [0.717, 1.165) is 10.0 Å². The molecule has 0 aliphatic rings. The number of hydrogen-bond acceptors (Lipinski definition) is 3. The molecular formula is C24H17BrCl2N4O3. The highest BCUT2D eigenvalue weighted by atomic mass is 79.9. The fraction of sp³-hybridized carbons (Fsp3) is 0.0417. The molecule has 0 saturated heterocycles. The van der Waals surface area contributed by atoms with Crippen molar-refractivity contribution in [3.63, 3.8) is 0 Å². The lowest BCUT2D eigenvalue weighted by Gasteiger charge is -2.13. The Morgan fingerprint density at radius 2 is 1.59 bits per heavy atom. The smallest absolute Gasteiger partial charge is 0.319 e. The first-order chi connectivity index (χ1) is 16.2. The zero-order valence-corrected chi connectivity index (χ0v) is 20.8. The van der Waals surface area contributed by atoms with E-state index in [9.17, 15) is 14.4 Å². The molecule has 1 heterocycles. The van der Waals surface area contributed by atoms with Crippen molar-refractivity contribution in [2.75, 3.05) is 16.1 Å². The van der Waals surface area contributed by atoms with E-state index in [1.807, 2.05) is 19.1 Å². The van der Waals surface area contributed by atoms with E-state index >= 15 is 0 Å². The molecule has 0 saturated carbocycles. The number of aryl methyl sites for hydroxylation is 1. The van der Waals surface area contributed by atoms with Crippen molar-refractivity contribution in [2.45, 2.75) is 6.92 Å². The molecule has 34 heavy (non-hydrogen) atoms. The van der Waals surface area contributed by atoms with Gasteiger partial charge in [0.05, 0.1) is 16.2 Å². The van der Waals surface area contributed by atoms with Crippen LogP contribution in [-0.4, -0.2) is 22.4 Å². The van der Waals surface area contributed by atoms with Crippen molar-refractivity contribution < 1.29 is 14.4 Å². The van der Waals surface area contributed by atoms with Crippen LogP contribution in [0.5, 0.6) is 0 Å². The van der Waals surface area contributed by atoms with Gasteiger partial charge in [0.25, 0.3) is 5.91 Å². The minimum atomic E-state index is -0.945. The van der Waals surface area contributed by atoms with Gasteiger partial charge in [-0.1, -0.05) is 56.8 Å². The van der Waals surface area contributed by atoms with Crippen LogP contribution in [0.25, 0.3) is 10.9 Å². The standard InChI is InChI=1S/C24H17BrCl2N4O3/c1-13-2-6-17(7-3-13)28-23(33)24(34)30-31-20-9-4-15(25)10-14(20)11-21(31)22(32)29-19-8-5-16(26)12-18(19)27/h2-12H,1H3,(H,28,33)(H,29,32)(H,30,34). The van der Waals surface area contributed by atoms with Crippen LogP contribution >= 0.6 is 39.1 Å². The van der Waals surface area contributed by atoms with E-state index in [4.69, 9.17) is 23.2 Å². The van der Waals surface area contributed by atoms with Crippen LogP contribution in [-0.2, 0) is 9.59 Å². The summed E-state index contributed by atoms with van der Waals surface area (Å²) >= 11 is 15.5. The Bertz CT molecular complexity index is 1430. The summed E-state index contributed by atoms with van der Waals surface area (Å²) in [6, 6.07) is 18.5. The van der Waals surface area contributed by atoms with Crippen molar-refractivity contribution in [3.05, 3.63) is 92.5 Å². The maximum Gasteiger partial charge on any atom is 0.328 e. The number of carbonyl (C=O) groups is 3. The third kappa shape index (κ3) is 5.25. The van der Waals surface area contributed by atoms with Gasteiger partial charge < -0.3 is 10.6 Å². The maximum absolute atomic E-state index is 13.1. The number of fused-ring (bicyclic) bond motifs is 1. The topological polar surface area (TPSA) is 92.2 Å². The lowest BCUT2D eigenvalue weighted by molar-refractivity contribution is -0.133. The lowest BCUT2D eigenvalue weighted by atomic mass is 10.2. The summed E-state index contributed by atoms with van der Waals surface area (Å²) < 4.78 is 2.05. The quantitative estimate of drug-likeness (QED) is 0.268. The van der Waals surface area contributed by atoms with E-state index < -0.39 is 17.7 Å². The highest BCUT2D eigenvalue weighted by molar-refractivity contribution is 9.10. The van der Waals surface area contributed by atoms with Crippen molar-refractivity contribution in [1.29, 1.82) is 0 Å². The number of anilines is 2. The molecular weight excluding hydrogens is 543 g/mol. The summed E-state index contributed by atoms with van der Waals surface area (Å²) in [6.07, 6.45) is 0. The van der Waals surface area contributed by atoms with E-state index in [2.05, 4.69) is 32.0 Å². The van der Waals surface area contributed by atoms with Gasteiger partial charge in [0.2, 0.25) is 0 Å². The molecule has 3 aromatic carbocycles. The van der Waals surface area contributed by atoms with Gasteiger partial charge >= 0.3 is 11.8 Å². The maximum atomic E-state index is 13.1. The van der Waals surface area contributed by atoms with Crippen LogP contribution in [0.2, 0.25) is 10.0 Å². The normalized spacial score (nSPS) is 10.7. The molecule has 4 aromatic rings. The van der Waals surface area contributed by atoms with E-state index in [-0.39, 0.29) is 10.7 Å². The van der Waals surface area contributed by atoms with Crippen LogP contribution in [0.15, 0.2) is 71.2 Å². The Kier molecular flexibility index (Phi) is 6.92. The molecule has 3 amide bonds. The van der Waals surface area contributed by atoms with E-state index in [1.54, 1.807) is 48.5 Å². The second-order valence-electron chi connectivity index (χ2n) is 7.41. The lowest BCUT2D eigenvalue weighted by Crippen LogP contribution is -2.36. The fourth-order valence-corrected chi connectivity index (χ4v) is 4.06. The molecule has 0 aliphatic carbocycles. The number of halogens is 3. The molecule has 10 heteroatoms. The molecule has 172 valence electrons. The fourth-order valence-electron chi connectivity index (χ4n) is 3.23. The van der Waals surface area contributed by atoms with Gasteiger partial charge in [0, 0.05) is 20.6 Å². The molecule has 3 N–H and O–H groups in total. The van der Waals surface area contributed by atoms with Crippen LogP contribution in [0, 0.1) is 6.92 Å². The average Bonchev–Trinajstić information content (AvgIpc) is 3.14. The Balaban J connectivity index is 1.63. The van der Waals surface area contributed by atoms with Crippen molar-refractivity contribution in [1.82, 2.24) is 4.68 Å². The number of aromatic nitrogens is 1. The number of carbonyl (C=O) groups excluding carboxylic acids is 3. The van der Waals surface area contributed by atoms with Crippen molar-refractivity contribution in [2.24, 2.45) is 0 Å². The molecule has 0 unspecified atom stereocenters. The van der Waals surface area contributed by atoms with Gasteiger partial charge in [-0.25, -0.2) is 4.68 Å². The Labute approximate surface area is 213 Å². The van der Waals surface area contributed by atoms with Crippen molar-refractivity contribution >= 4 is 79.1 Å². The predicted octanol–water partition coefficient (Wildman–Crippen LogP) is 5.98. The monoisotopic (exact) mass is 558 g/mol. The van der Waals surface area contributed by atoms with Crippen LogP contribution in [0.3, 0.4) is 0 Å². The van der Waals surface area contributed by atoms with Gasteiger partial charge in [-0.15, -0.1) is 0 Å². The third-order valence-corrected chi connectivity index (χ3v) is 5.95. The number of hydrogen-bond donors (Lipinski definition) is 3. The zero-order chi connectivity index (χ0) is 24.4. The summed E-state index contributed by atoms with van der Waals surface area (Å²) in [5, 5.41) is 6.59. The molecule has 0 fully saturated rings. The van der Waals surface area contributed by atoms with Crippen LogP contribution < -0.4 is 16.1 Å². The SMILES string of the molecule is Cc1ccc(NC(=O)C(=O)Nn2c(C(=O)Nc3ccc(Cl)cc3Cl)cc3cc(Br)ccc32)cc1. The van der Waals surface area contributed by atoms with E-state index in [1.165, 1.54) is 10.7 Å². The summed E-state index contributed by atoms with van der Waals surface area (Å²) in [5.74, 6) is -2.37. The number of amides is 3. The van der Waals surface area contributed by atoms with Gasteiger partial charge in [0.15, 0.2) is 0 Å². The minimum Gasteiger partial charge on any atom is -0.319 e. The molecule has 4 rings (SSSR count). The van der Waals surface area contributed by atoms with Crippen LogP contribution in [0.4, 0.5) is 11.4 Å². The highest BCUT2D eigenvalue weighted by Crippen LogP contribution is 2.27. The van der Waals surface area contributed by atoms with Gasteiger partial charge in [-0.3, -0.25) is 19.8 Å².